The van der Waals surface area contributed by atoms with Crippen molar-refractivity contribution in [3.8, 4) is 5.75 Å². The number of hydrogen-bond acceptors (Lipinski definition) is 7. The zero-order valence-electron chi connectivity index (χ0n) is 19.8. The maximum Gasteiger partial charge on any atom is 0.172 e. The Bertz CT molecular complexity index is 1140. The molecule has 0 saturated carbocycles. The fourth-order valence-corrected chi connectivity index (χ4v) is 4.05. The van der Waals surface area contributed by atoms with E-state index in [9.17, 15) is 13.9 Å². The van der Waals surface area contributed by atoms with Gasteiger partial charge in [-0.1, -0.05) is 6.92 Å². The maximum atomic E-state index is 14.0. The average Bonchev–Trinajstić information content (AvgIpc) is 2.78. The summed E-state index contributed by atoms with van der Waals surface area (Å²) >= 11 is 0. The standard InChI is InChI=1S/C25H31F2N5O2/c1-4-9-28-23-24(31-21-15-29-17(13-20(21)30-23)14-25(2,3)33)32-10-7-18(8-11-32)34-22-6-5-16(26)12-19(22)27/h5-6,12-13,15,18,33H,4,7-11,14H2,1-3H3,(H,28,30). The number of ether oxygens (including phenoxy) is 1. The number of aromatic nitrogens is 3. The van der Waals surface area contributed by atoms with Gasteiger partial charge in [0.25, 0.3) is 0 Å². The van der Waals surface area contributed by atoms with E-state index in [0.29, 0.717) is 43.7 Å². The molecule has 2 aromatic heterocycles. The summed E-state index contributed by atoms with van der Waals surface area (Å²) in [5.74, 6) is 0.223. The van der Waals surface area contributed by atoms with E-state index in [1.54, 1.807) is 20.0 Å². The minimum atomic E-state index is -0.861. The van der Waals surface area contributed by atoms with Crippen molar-refractivity contribution in [1.82, 2.24) is 15.0 Å². The van der Waals surface area contributed by atoms with Crippen molar-refractivity contribution in [3.05, 3.63) is 47.8 Å². The molecule has 3 heterocycles. The van der Waals surface area contributed by atoms with Crippen LogP contribution in [-0.2, 0) is 6.42 Å². The predicted molar refractivity (Wildman–Crippen MR) is 128 cm³/mol. The molecular formula is C25H31F2N5O2. The Morgan fingerprint density at radius 2 is 1.91 bits per heavy atom. The van der Waals surface area contributed by atoms with Crippen molar-refractivity contribution in [2.75, 3.05) is 29.9 Å². The number of aliphatic hydroxyl groups is 1. The summed E-state index contributed by atoms with van der Waals surface area (Å²) in [6.07, 6.45) is 4.25. The average molecular weight is 472 g/mol. The minimum Gasteiger partial charge on any atom is -0.487 e. The zero-order valence-corrected chi connectivity index (χ0v) is 19.8. The van der Waals surface area contributed by atoms with Crippen LogP contribution in [-0.4, -0.2) is 51.4 Å². The third kappa shape index (κ3) is 5.88. The van der Waals surface area contributed by atoms with E-state index in [2.05, 4.69) is 22.1 Å². The third-order valence-electron chi connectivity index (χ3n) is 5.67. The summed E-state index contributed by atoms with van der Waals surface area (Å²) in [7, 11) is 0. The minimum absolute atomic E-state index is 0.0728. The number of benzene rings is 1. The SMILES string of the molecule is CCCNc1nc2cc(CC(C)(C)O)ncc2nc1N1CCC(Oc2ccc(F)cc2F)CC1. The van der Waals surface area contributed by atoms with Gasteiger partial charge in [-0.3, -0.25) is 4.98 Å². The van der Waals surface area contributed by atoms with Crippen LogP contribution in [0.1, 0.15) is 45.7 Å². The summed E-state index contributed by atoms with van der Waals surface area (Å²) < 4.78 is 32.9. The molecule has 0 unspecified atom stereocenters. The molecule has 0 spiro atoms. The summed E-state index contributed by atoms with van der Waals surface area (Å²) in [6, 6.07) is 5.24. The second kappa shape index (κ2) is 10.0. The van der Waals surface area contributed by atoms with E-state index in [1.165, 1.54) is 12.1 Å². The maximum absolute atomic E-state index is 14.0. The van der Waals surface area contributed by atoms with Crippen LogP contribution < -0.4 is 15.0 Å². The molecule has 1 aromatic carbocycles. The first kappa shape index (κ1) is 24.1. The van der Waals surface area contributed by atoms with Gasteiger partial charge in [0, 0.05) is 50.7 Å². The topological polar surface area (TPSA) is 83.4 Å². The van der Waals surface area contributed by atoms with Crippen molar-refractivity contribution < 1.29 is 18.6 Å². The predicted octanol–water partition coefficient (Wildman–Crippen LogP) is 4.49. The van der Waals surface area contributed by atoms with Crippen LogP contribution >= 0.6 is 0 Å². The number of halogens is 2. The van der Waals surface area contributed by atoms with Crippen molar-refractivity contribution in [3.63, 3.8) is 0 Å². The Morgan fingerprint density at radius 3 is 2.59 bits per heavy atom. The van der Waals surface area contributed by atoms with Crippen molar-refractivity contribution in [1.29, 1.82) is 0 Å². The van der Waals surface area contributed by atoms with Crippen LogP contribution in [0.2, 0.25) is 0 Å². The summed E-state index contributed by atoms with van der Waals surface area (Å²) in [6.45, 7) is 7.68. The highest BCUT2D eigenvalue weighted by Gasteiger charge is 2.25. The number of pyridine rings is 1. The molecule has 34 heavy (non-hydrogen) atoms. The van der Waals surface area contributed by atoms with Gasteiger partial charge >= 0.3 is 0 Å². The number of hydrogen-bond donors (Lipinski definition) is 2. The normalized spacial score (nSPS) is 15.1. The van der Waals surface area contributed by atoms with Crippen LogP contribution in [0.3, 0.4) is 0 Å². The van der Waals surface area contributed by atoms with E-state index in [-0.39, 0.29) is 11.9 Å². The molecule has 1 aliphatic heterocycles. The van der Waals surface area contributed by atoms with E-state index in [0.717, 1.165) is 36.1 Å². The molecule has 3 aromatic rings. The summed E-state index contributed by atoms with van der Waals surface area (Å²) in [5, 5.41) is 13.5. The molecule has 1 aliphatic rings. The molecule has 0 amide bonds. The molecule has 0 radical (unpaired) electrons. The van der Waals surface area contributed by atoms with Gasteiger partial charge in [-0.15, -0.1) is 0 Å². The van der Waals surface area contributed by atoms with Gasteiger partial charge in [0.15, 0.2) is 23.2 Å². The number of anilines is 2. The molecule has 0 atom stereocenters. The van der Waals surface area contributed by atoms with Gasteiger partial charge in [-0.05, 0) is 38.5 Å². The largest absolute Gasteiger partial charge is 0.487 e. The van der Waals surface area contributed by atoms with Gasteiger partial charge < -0.3 is 20.1 Å². The van der Waals surface area contributed by atoms with Crippen LogP contribution in [0, 0.1) is 11.6 Å². The lowest BCUT2D eigenvalue weighted by molar-refractivity contribution is 0.0800. The Hall–Kier alpha value is -3.07. The highest BCUT2D eigenvalue weighted by atomic mass is 19.1. The van der Waals surface area contributed by atoms with E-state index < -0.39 is 17.2 Å². The van der Waals surface area contributed by atoms with Gasteiger partial charge in [-0.25, -0.2) is 18.7 Å². The first-order valence-electron chi connectivity index (χ1n) is 11.7. The lowest BCUT2D eigenvalue weighted by atomic mass is 10.0. The van der Waals surface area contributed by atoms with E-state index >= 15 is 0 Å². The molecule has 9 heteroatoms. The Labute approximate surface area is 198 Å². The van der Waals surface area contributed by atoms with E-state index in [1.807, 2.05) is 6.07 Å². The van der Waals surface area contributed by atoms with Gasteiger partial charge in [0.05, 0.1) is 17.3 Å². The van der Waals surface area contributed by atoms with Crippen LogP contribution in [0.15, 0.2) is 30.5 Å². The molecule has 1 saturated heterocycles. The molecule has 0 bridgehead atoms. The summed E-state index contributed by atoms with van der Waals surface area (Å²) in [5.41, 5.74) is 1.31. The second-order valence-electron chi connectivity index (χ2n) is 9.36. The third-order valence-corrected chi connectivity index (χ3v) is 5.67. The highest BCUT2D eigenvalue weighted by molar-refractivity contribution is 5.80. The van der Waals surface area contributed by atoms with Crippen molar-refractivity contribution in [2.45, 2.75) is 58.2 Å². The second-order valence-corrected chi connectivity index (χ2v) is 9.36. The fraction of sp³-hybridized carbons (Fsp3) is 0.480. The molecule has 7 nitrogen and oxygen atoms in total. The van der Waals surface area contributed by atoms with Crippen molar-refractivity contribution in [2.24, 2.45) is 0 Å². The number of nitrogens with one attached hydrogen (secondary N) is 1. The number of fused-ring (bicyclic) bond motifs is 1. The monoisotopic (exact) mass is 471 g/mol. The molecular weight excluding hydrogens is 440 g/mol. The zero-order chi connectivity index (χ0) is 24.3. The molecule has 0 aliphatic carbocycles. The van der Waals surface area contributed by atoms with Gasteiger partial charge in [0.2, 0.25) is 0 Å². The lowest BCUT2D eigenvalue weighted by Gasteiger charge is -2.33. The lowest BCUT2D eigenvalue weighted by Crippen LogP contribution is -2.39. The quantitative estimate of drug-likeness (QED) is 0.501. The van der Waals surface area contributed by atoms with E-state index in [4.69, 9.17) is 14.7 Å². The van der Waals surface area contributed by atoms with Gasteiger partial charge in [-0.2, -0.15) is 0 Å². The molecule has 182 valence electrons. The van der Waals surface area contributed by atoms with Crippen LogP contribution in [0.4, 0.5) is 20.4 Å². The summed E-state index contributed by atoms with van der Waals surface area (Å²) in [4.78, 5) is 16.3. The van der Waals surface area contributed by atoms with Crippen molar-refractivity contribution >= 4 is 22.7 Å². The molecule has 2 N–H and O–H groups in total. The number of piperidine rings is 1. The van der Waals surface area contributed by atoms with Crippen LogP contribution in [0.5, 0.6) is 5.75 Å². The number of rotatable bonds is 8. The first-order valence-corrected chi connectivity index (χ1v) is 11.7. The van der Waals surface area contributed by atoms with Crippen LogP contribution in [0.25, 0.3) is 11.0 Å². The Morgan fingerprint density at radius 1 is 1.15 bits per heavy atom. The number of nitrogens with zero attached hydrogens (tertiary/aromatic N) is 4. The fourth-order valence-electron chi connectivity index (χ4n) is 4.05. The smallest absolute Gasteiger partial charge is 0.172 e. The Kier molecular flexibility index (Phi) is 7.11. The Balaban J connectivity index is 1.52. The molecule has 4 rings (SSSR count). The highest BCUT2D eigenvalue weighted by Crippen LogP contribution is 2.30. The van der Waals surface area contributed by atoms with Gasteiger partial charge in [0.1, 0.15) is 17.4 Å². The first-order chi connectivity index (χ1) is 16.2. The molecule has 1 fully saturated rings.